The van der Waals surface area contributed by atoms with E-state index in [0.29, 0.717) is 23.2 Å². The second kappa shape index (κ2) is 9.07. The van der Waals surface area contributed by atoms with Crippen LogP contribution in [0.15, 0.2) is 48.5 Å². The number of hydrogen-bond acceptors (Lipinski definition) is 3. The fourth-order valence-electron chi connectivity index (χ4n) is 2.27. The number of halogens is 3. The van der Waals surface area contributed by atoms with Crippen LogP contribution in [0.5, 0.6) is 0 Å². The molecule has 5 nitrogen and oxygen atoms in total. The number of carbonyl (C=O) groups is 2. The lowest BCUT2D eigenvalue weighted by Crippen LogP contribution is -2.25. The van der Waals surface area contributed by atoms with E-state index in [1.807, 2.05) is 0 Å². The molecule has 27 heavy (non-hydrogen) atoms. The Balaban J connectivity index is 1.82. The minimum absolute atomic E-state index is 0.255. The zero-order chi connectivity index (χ0) is 19.9. The number of hydrogen-bond donors (Lipinski definition) is 2. The van der Waals surface area contributed by atoms with Gasteiger partial charge in [0.15, 0.2) is 0 Å². The van der Waals surface area contributed by atoms with Crippen LogP contribution in [0.4, 0.5) is 23.7 Å². The summed E-state index contributed by atoms with van der Waals surface area (Å²) < 4.78 is 42.3. The van der Waals surface area contributed by atoms with Gasteiger partial charge in [-0.15, -0.1) is 0 Å². The Morgan fingerprint density at radius 1 is 1.00 bits per heavy atom. The van der Waals surface area contributed by atoms with Crippen molar-refractivity contribution >= 4 is 17.7 Å². The van der Waals surface area contributed by atoms with Gasteiger partial charge >= 0.3 is 12.3 Å². The van der Waals surface area contributed by atoms with Crippen LogP contribution in [-0.2, 0) is 17.3 Å². The number of anilines is 1. The average molecular weight is 380 g/mol. The second-order valence-electron chi connectivity index (χ2n) is 5.62. The van der Waals surface area contributed by atoms with Gasteiger partial charge in [-0.05, 0) is 55.3 Å². The van der Waals surface area contributed by atoms with Crippen LogP contribution in [0.1, 0.15) is 28.4 Å². The fourth-order valence-corrected chi connectivity index (χ4v) is 2.27. The maximum Gasteiger partial charge on any atom is 0.416 e. The number of ether oxygens (including phenoxy) is 1. The summed E-state index contributed by atoms with van der Waals surface area (Å²) >= 11 is 0. The molecule has 0 spiro atoms. The van der Waals surface area contributed by atoms with Gasteiger partial charge in [0.1, 0.15) is 0 Å². The predicted octanol–water partition coefficient (Wildman–Crippen LogP) is 4.25. The van der Waals surface area contributed by atoms with E-state index in [9.17, 15) is 22.8 Å². The van der Waals surface area contributed by atoms with Crippen molar-refractivity contribution < 1.29 is 27.5 Å². The SMILES string of the molecule is CCOC(=O)Nc1ccc(C(=O)NCCc2ccc(C(F)(F)F)cc2)cc1. The van der Waals surface area contributed by atoms with Crippen LogP contribution in [0.2, 0.25) is 0 Å². The van der Waals surface area contributed by atoms with Gasteiger partial charge in [0.2, 0.25) is 0 Å². The van der Waals surface area contributed by atoms with E-state index in [-0.39, 0.29) is 19.1 Å². The number of rotatable bonds is 6. The third-order valence-corrected chi connectivity index (χ3v) is 3.65. The van der Waals surface area contributed by atoms with Crippen LogP contribution in [0.25, 0.3) is 0 Å². The Kier molecular flexibility index (Phi) is 6.81. The van der Waals surface area contributed by atoms with Crippen molar-refractivity contribution in [3.63, 3.8) is 0 Å². The highest BCUT2D eigenvalue weighted by molar-refractivity contribution is 5.95. The predicted molar refractivity (Wildman–Crippen MR) is 94.6 cm³/mol. The Hall–Kier alpha value is -3.03. The minimum atomic E-state index is -4.36. The van der Waals surface area contributed by atoms with E-state index < -0.39 is 17.8 Å². The highest BCUT2D eigenvalue weighted by Crippen LogP contribution is 2.29. The van der Waals surface area contributed by atoms with Crippen LogP contribution < -0.4 is 10.6 Å². The normalized spacial score (nSPS) is 11.0. The molecular weight excluding hydrogens is 361 g/mol. The highest BCUT2D eigenvalue weighted by Gasteiger charge is 2.29. The van der Waals surface area contributed by atoms with Gasteiger partial charge in [0.25, 0.3) is 5.91 Å². The molecule has 2 aromatic carbocycles. The maximum absolute atomic E-state index is 12.5. The standard InChI is InChI=1S/C19H19F3N2O3/c1-2-27-18(26)24-16-9-5-14(6-10-16)17(25)23-12-11-13-3-7-15(8-4-13)19(20,21)22/h3-10H,2,11-12H2,1H3,(H,23,25)(H,24,26). The van der Waals surface area contributed by atoms with Crippen LogP contribution in [0.3, 0.4) is 0 Å². The Labute approximate surface area is 154 Å². The van der Waals surface area contributed by atoms with Gasteiger partial charge in [-0.1, -0.05) is 12.1 Å². The van der Waals surface area contributed by atoms with Crippen molar-refractivity contribution in [3.05, 3.63) is 65.2 Å². The summed E-state index contributed by atoms with van der Waals surface area (Å²) in [6, 6.07) is 11.1. The topological polar surface area (TPSA) is 67.4 Å². The Morgan fingerprint density at radius 2 is 1.63 bits per heavy atom. The Bertz CT molecular complexity index is 772. The molecule has 2 rings (SSSR count). The second-order valence-corrected chi connectivity index (χ2v) is 5.62. The van der Waals surface area contributed by atoms with Crippen molar-refractivity contribution in [2.24, 2.45) is 0 Å². The summed E-state index contributed by atoms with van der Waals surface area (Å²) in [4.78, 5) is 23.4. The molecule has 0 aromatic heterocycles. The van der Waals surface area contributed by atoms with Crippen molar-refractivity contribution in [3.8, 4) is 0 Å². The largest absolute Gasteiger partial charge is 0.450 e. The van der Waals surface area contributed by atoms with Crippen molar-refractivity contribution in [2.75, 3.05) is 18.5 Å². The van der Waals surface area contributed by atoms with Gasteiger partial charge in [0, 0.05) is 17.8 Å². The lowest BCUT2D eigenvalue weighted by Gasteiger charge is -2.09. The molecule has 0 atom stereocenters. The zero-order valence-corrected chi connectivity index (χ0v) is 14.6. The molecule has 144 valence electrons. The van der Waals surface area contributed by atoms with Gasteiger partial charge in [-0.3, -0.25) is 10.1 Å². The monoisotopic (exact) mass is 380 g/mol. The number of benzene rings is 2. The summed E-state index contributed by atoms with van der Waals surface area (Å²) in [5.41, 5.74) is 0.885. The van der Waals surface area contributed by atoms with E-state index in [1.165, 1.54) is 12.1 Å². The molecular formula is C19H19F3N2O3. The maximum atomic E-state index is 12.5. The fraction of sp³-hybridized carbons (Fsp3) is 0.263. The smallest absolute Gasteiger partial charge is 0.416 e. The molecule has 0 heterocycles. The number of alkyl halides is 3. The quantitative estimate of drug-likeness (QED) is 0.787. The molecule has 0 aliphatic heterocycles. The minimum Gasteiger partial charge on any atom is -0.450 e. The first kappa shape index (κ1) is 20.3. The summed E-state index contributed by atoms with van der Waals surface area (Å²) in [5, 5.41) is 5.22. The third kappa shape index (κ3) is 6.32. The summed E-state index contributed by atoms with van der Waals surface area (Å²) in [7, 11) is 0. The van der Waals surface area contributed by atoms with E-state index >= 15 is 0 Å². The molecule has 0 unspecified atom stereocenters. The lowest BCUT2D eigenvalue weighted by atomic mass is 10.1. The van der Waals surface area contributed by atoms with E-state index in [1.54, 1.807) is 31.2 Å². The van der Waals surface area contributed by atoms with Gasteiger partial charge in [-0.25, -0.2) is 4.79 Å². The lowest BCUT2D eigenvalue weighted by molar-refractivity contribution is -0.137. The van der Waals surface area contributed by atoms with E-state index in [2.05, 4.69) is 10.6 Å². The molecule has 8 heteroatoms. The molecule has 0 fully saturated rings. The zero-order valence-electron chi connectivity index (χ0n) is 14.6. The molecule has 0 bridgehead atoms. The van der Waals surface area contributed by atoms with Gasteiger partial charge < -0.3 is 10.1 Å². The van der Waals surface area contributed by atoms with E-state index in [4.69, 9.17) is 4.74 Å². The Morgan fingerprint density at radius 3 is 2.19 bits per heavy atom. The molecule has 0 aliphatic carbocycles. The number of carbonyl (C=O) groups excluding carboxylic acids is 2. The first-order chi connectivity index (χ1) is 12.8. The highest BCUT2D eigenvalue weighted by atomic mass is 19.4. The number of nitrogens with one attached hydrogen (secondary N) is 2. The van der Waals surface area contributed by atoms with Crippen molar-refractivity contribution in [1.29, 1.82) is 0 Å². The van der Waals surface area contributed by atoms with Gasteiger partial charge in [-0.2, -0.15) is 13.2 Å². The molecule has 2 aromatic rings. The summed E-state index contributed by atoms with van der Waals surface area (Å²) in [6.45, 7) is 2.23. The van der Waals surface area contributed by atoms with Crippen LogP contribution in [0, 0.1) is 0 Å². The summed E-state index contributed by atoms with van der Waals surface area (Å²) in [5.74, 6) is -0.315. The first-order valence-electron chi connectivity index (χ1n) is 8.27. The van der Waals surface area contributed by atoms with E-state index in [0.717, 1.165) is 12.1 Å². The first-order valence-corrected chi connectivity index (χ1v) is 8.27. The van der Waals surface area contributed by atoms with Gasteiger partial charge in [0.05, 0.1) is 12.2 Å². The third-order valence-electron chi connectivity index (χ3n) is 3.65. The molecule has 0 radical (unpaired) electrons. The van der Waals surface area contributed by atoms with Crippen LogP contribution in [-0.4, -0.2) is 25.2 Å². The number of amides is 2. The molecule has 0 saturated carbocycles. The molecule has 0 saturated heterocycles. The summed E-state index contributed by atoms with van der Waals surface area (Å²) in [6.07, 6.45) is -4.53. The van der Waals surface area contributed by atoms with Crippen LogP contribution >= 0.6 is 0 Å². The van der Waals surface area contributed by atoms with Crippen molar-refractivity contribution in [1.82, 2.24) is 5.32 Å². The molecule has 2 N–H and O–H groups in total. The molecule has 0 aliphatic rings. The average Bonchev–Trinajstić information content (AvgIpc) is 2.62. The van der Waals surface area contributed by atoms with Crippen molar-refractivity contribution in [2.45, 2.75) is 19.5 Å². The molecule has 2 amide bonds.